The van der Waals surface area contributed by atoms with Gasteiger partial charge in [0.2, 0.25) is 0 Å². The average Bonchev–Trinajstić information content (AvgIpc) is 2.28. The van der Waals surface area contributed by atoms with Crippen LogP contribution >= 0.6 is 15.9 Å². The number of carboxylic acids is 1. The zero-order chi connectivity index (χ0) is 15.1. The maximum atomic E-state index is 12.3. The molecule has 0 fully saturated rings. The van der Waals surface area contributed by atoms with Gasteiger partial charge in [0.25, 0.3) is 0 Å². The summed E-state index contributed by atoms with van der Waals surface area (Å²) in [6, 6.07) is 3.25. The van der Waals surface area contributed by atoms with Crippen LogP contribution in [0, 0.1) is 6.92 Å². The van der Waals surface area contributed by atoms with E-state index in [-0.39, 0.29) is 23.1 Å². The summed E-state index contributed by atoms with van der Waals surface area (Å²) >= 11 is 3.41. The maximum Gasteiger partial charge on any atom is 0.305 e. The number of hydrogen-bond donors (Lipinski definition) is 1. The van der Waals surface area contributed by atoms with E-state index in [1.807, 2.05) is 17.9 Å². The van der Waals surface area contributed by atoms with Gasteiger partial charge in [-0.15, -0.1) is 0 Å². The summed E-state index contributed by atoms with van der Waals surface area (Å²) in [5, 5.41) is 8.84. The number of fused-ring (bicyclic) bond motifs is 1. The second-order valence-corrected chi connectivity index (χ2v) is 7.92. The molecule has 7 heteroatoms. The Morgan fingerprint density at radius 2 is 2.15 bits per heavy atom. The Morgan fingerprint density at radius 1 is 1.50 bits per heavy atom. The largest absolute Gasteiger partial charge is 0.481 e. The number of nitrogens with zero attached hydrogens (tertiary/aromatic N) is 1. The fourth-order valence-electron chi connectivity index (χ4n) is 2.48. The van der Waals surface area contributed by atoms with Crippen molar-refractivity contribution in [3.8, 4) is 0 Å². The molecule has 1 aliphatic heterocycles. The smallest absolute Gasteiger partial charge is 0.305 e. The molecule has 0 spiro atoms. The molecule has 0 aliphatic carbocycles. The van der Waals surface area contributed by atoms with Crippen LogP contribution in [-0.2, 0) is 14.6 Å². The molecule has 1 N–H and O–H groups in total. The van der Waals surface area contributed by atoms with Crippen molar-refractivity contribution in [2.75, 3.05) is 17.2 Å². The van der Waals surface area contributed by atoms with Crippen LogP contribution in [0.4, 0.5) is 5.69 Å². The minimum atomic E-state index is -3.33. The van der Waals surface area contributed by atoms with E-state index >= 15 is 0 Å². The minimum Gasteiger partial charge on any atom is -0.481 e. The normalized spacial score (nSPS) is 20.6. The molecule has 0 saturated carbocycles. The topological polar surface area (TPSA) is 74.7 Å². The first-order chi connectivity index (χ1) is 9.22. The molecule has 1 aliphatic rings. The molecular formula is C13H16BrNO4S. The molecule has 0 amide bonds. The van der Waals surface area contributed by atoms with E-state index in [9.17, 15) is 13.2 Å². The van der Waals surface area contributed by atoms with E-state index in [2.05, 4.69) is 15.9 Å². The molecule has 1 atom stereocenters. The Kier molecular flexibility index (Phi) is 4.11. The molecular weight excluding hydrogens is 346 g/mol. The summed E-state index contributed by atoms with van der Waals surface area (Å²) in [7, 11) is -3.33. The van der Waals surface area contributed by atoms with Gasteiger partial charge in [0.05, 0.1) is 22.8 Å². The van der Waals surface area contributed by atoms with Crippen LogP contribution in [0.1, 0.15) is 18.9 Å². The van der Waals surface area contributed by atoms with Crippen molar-refractivity contribution in [3.63, 3.8) is 0 Å². The van der Waals surface area contributed by atoms with E-state index in [1.54, 1.807) is 13.0 Å². The van der Waals surface area contributed by atoms with E-state index in [0.717, 1.165) is 5.56 Å². The number of hydrogen-bond acceptors (Lipinski definition) is 4. The number of halogens is 1. The van der Waals surface area contributed by atoms with Crippen LogP contribution in [0.25, 0.3) is 0 Å². The third-order valence-corrected chi connectivity index (χ3v) is 5.86. The highest BCUT2D eigenvalue weighted by molar-refractivity contribution is 9.10. The molecule has 110 valence electrons. The number of benzene rings is 1. The number of aliphatic carboxylic acids is 1. The lowest BCUT2D eigenvalue weighted by Gasteiger charge is -2.37. The van der Waals surface area contributed by atoms with Crippen LogP contribution < -0.4 is 4.90 Å². The molecule has 1 unspecified atom stereocenters. The van der Waals surface area contributed by atoms with Crippen LogP contribution in [0.2, 0.25) is 0 Å². The van der Waals surface area contributed by atoms with E-state index < -0.39 is 15.8 Å². The highest BCUT2D eigenvalue weighted by Crippen LogP contribution is 2.40. The zero-order valence-electron chi connectivity index (χ0n) is 11.3. The fraction of sp³-hybridized carbons (Fsp3) is 0.462. The van der Waals surface area contributed by atoms with Crippen molar-refractivity contribution in [2.45, 2.75) is 31.2 Å². The van der Waals surface area contributed by atoms with Gasteiger partial charge in [-0.1, -0.05) is 0 Å². The Morgan fingerprint density at radius 3 is 2.75 bits per heavy atom. The lowest BCUT2D eigenvalue weighted by atomic mass is 10.1. The summed E-state index contributed by atoms with van der Waals surface area (Å²) in [6.45, 7) is 3.93. The molecule has 0 radical (unpaired) electrons. The van der Waals surface area contributed by atoms with Gasteiger partial charge in [-0.05, 0) is 47.5 Å². The molecule has 1 aromatic carbocycles. The Labute approximate surface area is 126 Å². The number of carbonyl (C=O) groups is 1. The third kappa shape index (κ3) is 2.83. The lowest BCUT2D eigenvalue weighted by Crippen LogP contribution is -2.44. The second-order valence-electron chi connectivity index (χ2n) is 5.06. The van der Waals surface area contributed by atoms with Crippen LogP contribution in [0.15, 0.2) is 21.5 Å². The highest BCUT2D eigenvalue weighted by atomic mass is 79.9. The fourth-order valence-corrected chi connectivity index (χ4v) is 5.30. The second kappa shape index (κ2) is 5.37. The van der Waals surface area contributed by atoms with Crippen molar-refractivity contribution in [1.82, 2.24) is 0 Å². The van der Waals surface area contributed by atoms with Gasteiger partial charge in [0, 0.05) is 17.1 Å². The van der Waals surface area contributed by atoms with Gasteiger partial charge in [-0.3, -0.25) is 4.79 Å². The number of carboxylic acid groups (broad SMARTS) is 1. The number of anilines is 1. The quantitative estimate of drug-likeness (QED) is 0.893. The van der Waals surface area contributed by atoms with Gasteiger partial charge in [0.15, 0.2) is 9.84 Å². The van der Waals surface area contributed by atoms with Crippen LogP contribution in [0.3, 0.4) is 0 Å². The van der Waals surface area contributed by atoms with Crippen molar-refractivity contribution in [1.29, 1.82) is 0 Å². The van der Waals surface area contributed by atoms with Crippen LogP contribution in [0.5, 0.6) is 0 Å². The molecule has 1 heterocycles. The SMILES string of the molecule is Cc1cc(Br)c2c(c1)S(=O)(=O)CC(C)N2CCC(=O)O. The summed E-state index contributed by atoms with van der Waals surface area (Å²) in [5.41, 5.74) is 1.43. The molecule has 20 heavy (non-hydrogen) atoms. The monoisotopic (exact) mass is 361 g/mol. The average molecular weight is 362 g/mol. The molecule has 0 bridgehead atoms. The van der Waals surface area contributed by atoms with E-state index in [4.69, 9.17) is 5.11 Å². The van der Waals surface area contributed by atoms with Crippen molar-refractivity contribution < 1.29 is 18.3 Å². The first-order valence-electron chi connectivity index (χ1n) is 6.23. The predicted octanol–water partition coefficient (Wildman–Crippen LogP) is 2.21. The zero-order valence-corrected chi connectivity index (χ0v) is 13.7. The highest BCUT2D eigenvalue weighted by Gasteiger charge is 2.35. The number of rotatable bonds is 3. The van der Waals surface area contributed by atoms with Gasteiger partial charge in [-0.25, -0.2) is 8.42 Å². The molecule has 5 nitrogen and oxygen atoms in total. The maximum absolute atomic E-state index is 12.3. The molecule has 0 aromatic heterocycles. The molecule has 1 aromatic rings. The van der Waals surface area contributed by atoms with E-state index in [0.29, 0.717) is 16.7 Å². The number of aryl methyl sites for hydroxylation is 1. The van der Waals surface area contributed by atoms with Gasteiger partial charge in [-0.2, -0.15) is 0 Å². The van der Waals surface area contributed by atoms with Crippen molar-refractivity contribution >= 4 is 37.4 Å². The number of sulfone groups is 1. The summed E-state index contributed by atoms with van der Waals surface area (Å²) < 4.78 is 25.3. The van der Waals surface area contributed by atoms with Crippen LogP contribution in [-0.4, -0.2) is 37.8 Å². The summed E-state index contributed by atoms with van der Waals surface area (Å²) in [6.07, 6.45) is -0.0237. The van der Waals surface area contributed by atoms with E-state index in [1.165, 1.54) is 0 Å². The first kappa shape index (κ1) is 15.3. The molecule has 2 rings (SSSR count). The summed E-state index contributed by atoms with van der Waals surface area (Å²) in [4.78, 5) is 12.9. The lowest BCUT2D eigenvalue weighted by molar-refractivity contribution is -0.136. The predicted molar refractivity (Wildman–Crippen MR) is 80.0 cm³/mol. The minimum absolute atomic E-state index is 0.00944. The van der Waals surface area contributed by atoms with Gasteiger partial charge in [0.1, 0.15) is 0 Å². The Bertz CT molecular complexity index is 657. The summed E-state index contributed by atoms with van der Waals surface area (Å²) in [5.74, 6) is -0.884. The van der Waals surface area contributed by atoms with Crippen molar-refractivity contribution in [2.24, 2.45) is 0 Å². The standard InChI is InChI=1S/C13H16BrNO4S/c1-8-5-10(14)13-11(6-8)20(18,19)7-9(2)15(13)4-3-12(16)17/h5-6,9H,3-4,7H2,1-2H3,(H,16,17). The Balaban J connectivity index is 2.55. The third-order valence-electron chi connectivity index (χ3n) is 3.35. The van der Waals surface area contributed by atoms with Crippen molar-refractivity contribution in [3.05, 3.63) is 22.2 Å². The van der Waals surface area contributed by atoms with Gasteiger partial charge < -0.3 is 10.0 Å². The Hall–Kier alpha value is -1.08. The first-order valence-corrected chi connectivity index (χ1v) is 8.68. The van der Waals surface area contributed by atoms with Gasteiger partial charge >= 0.3 is 5.97 Å². The molecule has 0 saturated heterocycles.